The largest absolute Gasteiger partial charge is 0.486 e. The molecule has 2 saturated carbocycles. The molecule has 2 aromatic carbocycles. The van der Waals surface area contributed by atoms with Crippen molar-refractivity contribution in [3.05, 3.63) is 70.9 Å². The van der Waals surface area contributed by atoms with Gasteiger partial charge in [-0.05, 0) is 56.0 Å². The molecule has 7 heteroatoms. The Kier molecular flexibility index (Phi) is 8.24. The molecule has 2 fully saturated rings. The number of ether oxygens (including phenoxy) is 1. The Morgan fingerprint density at radius 1 is 0.919 bits per heavy atom. The van der Waals surface area contributed by atoms with Crippen molar-refractivity contribution in [2.24, 2.45) is 0 Å². The van der Waals surface area contributed by atoms with Gasteiger partial charge in [-0.15, -0.1) is 0 Å². The molecule has 6 nitrogen and oxygen atoms in total. The molecular formula is C30H34ClN3O3. The summed E-state index contributed by atoms with van der Waals surface area (Å²) in [6, 6.07) is 16.7. The number of amides is 3. The van der Waals surface area contributed by atoms with Crippen LogP contribution < -0.4 is 10.1 Å². The van der Waals surface area contributed by atoms with Crippen molar-refractivity contribution in [3.63, 3.8) is 0 Å². The number of halogens is 1. The average Bonchev–Trinajstić information content (AvgIpc) is 2.93. The number of nitrogens with zero attached hydrogens (tertiary/aromatic N) is 2. The van der Waals surface area contributed by atoms with E-state index >= 15 is 0 Å². The number of benzene rings is 2. The van der Waals surface area contributed by atoms with E-state index in [1.54, 1.807) is 18.2 Å². The van der Waals surface area contributed by atoms with Crippen molar-refractivity contribution in [2.45, 2.75) is 82.9 Å². The van der Waals surface area contributed by atoms with Gasteiger partial charge in [-0.1, -0.05) is 74.4 Å². The molecule has 0 radical (unpaired) electrons. The SMILES string of the molecule is O=C(NC1CCCCC1)N(C(=O)c1ccc(OCc2ccc3ccccc3n2)c(Cl)c1)C1CCCCC1. The summed E-state index contributed by atoms with van der Waals surface area (Å²) >= 11 is 6.54. The quantitative estimate of drug-likeness (QED) is 0.371. The van der Waals surface area contributed by atoms with Crippen LogP contribution in [0.15, 0.2) is 54.6 Å². The minimum absolute atomic E-state index is 0.0847. The maximum absolute atomic E-state index is 13.7. The monoisotopic (exact) mass is 519 g/mol. The molecule has 0 aliphatic heterocycles. The number of rotatable bonds is 6. The molecule has 5 rings (SSSR count). The van der Waals surface area contributed by atoms with Crippen molar-refractivity contribution in [3.8, 4) is 5.75 Å². The van der Waals surface area contributed by atoms with E-state index in [0.29, 0.717) is 16.3 Å². The first-order chi connectivity index (χ1) is 18.1. The fourth-order valence-corrected chi connectivity index (χ4v) is 5.72. The Morgan fingerprint density at radius 3 is 2.41 bits per heavy atom. The second-order valence-corrected chi connectivity index (χ2v) is 10.6. The third-order valence-corrected chi connectivity index (χ3v) is 7.82. The number of imide groups is 1. The van der Waals surface area contributed by atoms with Crippen LogP contribution in [0.5, 0.6) is 5.75 Å². The van der Waals surface area contributed by atoms with Gasteiger partial charge < -0.3 is 10.1 Å². The highest BCUT2D eigenvalue weighted by molar-refractivity contribution is 6.32. The zero-order valence-corrected chi connectivity index (χ0v) is 21.9. The van der Waals surface area contributed by atoms with Crippen LogP contribution in [0.3, 0.4) is 0 Å². The van der Waals surface area contributed by atoms with Crippen LogP contribution in [0.4, 0.5) is 4.79 Å². The predicted molar refractivity (Wildman–Crippen MR) is 146 cm³/mol. The molecule has 0 bridgehead atoms. The maximum Gasteiger partial charge on any atom is 0.324 e. The van der Waals surface area contributed by atoms with E-state index in [2.05, 4.69) is 10.3 Å². The van der Waals surface area contributed by atoms with Gasteiger partial charge in [0.1, 0.15) is 12.4 Å². The third-order valence-electron chi connectivity index (χ3n) is 7.52. The van der Waals surface area contributed by atoms with Crippen LogP contribution in [0, 0.1) is 0 Å². The van der Waals surface area contributed by atoms with Gasteiger partial charge in [0.15, 0.2) is 0 Å². The number of aromatic nitrogens is 1. The molecule has 3 amide bonds. The summed E-state index contributed by atoms with van der Waals surface area (Å²) in [5.74, 6) is 0.175. The molecule has 0 atom stereocenters. The third kappa shape index (κ3) is 6.24. The minimum atomic E-state index is -0.301. The van der Waals surface area contributed by atoms with Crippen LogP contribution in [0.25, 0.3) is 10.9 Å². The first-order valence-corrected chi connectivity index (χ1v) is 13.9. The number of pyridine rings is 1. The lowest BCUT2D eigenvalue weighted by Crippen LogP contribution is -2.52. The predicted octanol–water partition coefficient (Wildman–Crippen LogP) is 7.28. The Morgan fingerprint density at radius 2 is 1.65 bits per heavy atom. The van der Waals surface area contributed by atoms with E-state index in [9.17, 15) is 9.59 Å². The standard InChI is InChI=1S/C30H34ClN3O3/c31-26-19-22(16-18-28(26)37-20-24-17-15-21-9-7-8-14-27(21)32-24)29(35)34(25-12-5-2-6-13-25)30(36)33-23-10-3-1-4-11-23/h7-9,14-19,23,25H,1-6,10-13,20H2,(H,33,36). The van der Waals surface area contributed by atoms with E-state index in [-0.39, 0.29) is 30.6 Å². The summed E-state index contributed by atoms with van der Waals surface area (Å²) in [6.45, 7) is 0.260. The van der Waals surface area contributed by atoms with Crippen LogP contribution in [0.2, 0.25) is 5.02 Å². The Balaban J connectivity index is 1.29. The Bertz CT molecular complexity index is 1250. The van der Waals surface area contributed by atoms with E-state index in [1.165, 1.54) is 11.3 Å². The summed E-state index contributed by atoms with van der Waals surface area (Å²) in [5.41, 5.74) is 2.09. The fourth-order valence-electron chi connectivity index (χ4n) is 5.48. The van der Waals surface area contributed by atoms with Gasteiger partial charge >= 0.3 is 6.03 Å². The van der Waals surface area contributed by atoms with Crippen LogP contribution in [0.1, 0.15) is 80.3 Å². The zero-order chi connectivity index (χ0) is 25.6. The lowest BCUT2D eigenvalue weighted by molar-refractivity contribution is 0.0701. The molecule has 2 aliphatic carbocycles. The summed E-state index contributed by atoms with van der Waals surface area (Å²) < 4.78 is 5.93. The van der Waals surface area contributed by atoms with E-state index in [1.807, 2.05) is 36.4 Å². The summed E-state index contributed by atoms with van der Waals surface area (Å²) in [4.78, 5) is 33.1. The zero-order valence-electron chi connectivity index (χ0n) is 21.1. The van der Waals surface area contributed by atoms with E-state index < -0.39 is 0 Å². The highest BCUT2D eigenvalue weighted by Crippen LogP contribution is 2.30. The van der Waals surface area contributed by atoms with Gasteiger partial charge in [0, 0.05) is 23.0 Å². The summed E-state index contributed by atoms with van der Waals surface area (Å²) in [7, 11) is 0. The maximum atomic E-state index is 13.7. The topological polar surface area (TPSA) is 71.5 Å². The number of hydrogen-bond acceptors (Lipinski definition) is 4. The summed E-state index contributed by atoms with van der Waals surface area (Å²) in [5, 5.41) is 4.55. The molecular weight excluding hydrogens is 486 g/mol. The average molecular weight is 520 g/mol. The number of carbonyl (C=O) groups is 2. The lowest BCUT2D eigenvalue weighted by Gasteiger charge is -2.34. The number of carbonyl (C=O) groups excluding carboxylic acids is 2. The van der Waals surface area contributed by atoms with Gasteiger partial charge in [-0.3, -0.25) is 9.69 Å². The number of hydrogen-bond donors (Lipinski definition) is 1. The number of fused-ring (bicyclic) bond motifs is 1. The van der Waals surface area contributed by atoms with Crippen molar-refractivity contribution in [2.75, 3.05) is 0 Å². The Hall–Kier alpha value is -3.12. The number of para-hydroxylation sites is 1. The van der Waals surface area contributed by atoms with Crippen LogP contribution in [-0.2, 0) is 6.61 Å². The van der Waals surface area contributed by atoms with Gasteiger partial charge in [0.05, 0.1) is 16.2 Å². The van der Waals surface area contributed by atoms with Gasteiger partial charge in [-0.2, -0.15) is 0 Å². The van der Waals surface area contributed by atoms with E-state index in [4.69, 9.17) is 16.3 Å². The molecule has 0 saturated heterocycles. The molecule has 2 aliphatic rings. The normalized spacial score (nSPS) is 16.9. The van der Waals surface area contributed by atoms with Gasteiger partial charge in [0.25, 0.3) is 5.91 Å². The molecule has 37 heavy (non-hydrogen) atoms. The van der Waals surface area contributed by atoms with Crippen LogP contribution >= 0.6 is 11.6 Å². The molecule has 1 heterocycles. The van der Waals surface area contributed by atoms with Gasteiger partial charge in [0.2, 0.25) is 0 Å². The second kappa shape index (κ2) is 12.0. The fraction of sp³-hybridized carbons (Fsp3) is 0.433. The van der Waals surface area contributed by atoms with Crippen molar-refractivity contribution < 1.29 is 14.3 Å². The van der Waals surface area contributed by atoms with Crippen LogP contribution in [-0.4, -0.2) is 33.9 Å². The summed E-state index contributed by atoms with van der Waals surface area (Å²) in [6.07, 6.45) is 10.3. The molecule has 1 N–H and O–H groups in total. The molecule has 194 valence electrons. The molecule has 3 aromatic rings. The van der Waals surface area contributed by atoms with Crippen molar-refractivity contribution in [1.29, 1.82) is 0 Å². The lowest BCUT2D eigenvalue weighted by atomic mass is 9.93. The second-order valence-electron chi connectivity index (χ2n) is 10.2. The molecule has 1 aromatic heterocycles. The molecule has 0 unspecified atom stereocenters. The highest BCUT2D eigenvalue weighted by Gasteiger charge is 2.33. The molecule has 0 spiro atoms. The smallest absolute Gasteiger partial charge is 0.324 e. The number of nitrogens with one attached hydrogen (secondary N) is 1. The first-order valence-electron chi connectivity index (χ1n) is 13.5. The minimum Gasteiger partial charge on any atom is -0.486 e. The number of urea groups is 1. The first kappa shape index (κ1) is 25.5. The van der Waals surface area contributed by atoms with Crippen molar-refractivity contribution >= 4 is 34.4 Å². The van der Waals surface area contributed by atoms with Crippen molar-refractivity contribution in [1.82, 2.24) is 15.2 Å². The van der Waals surface area contributed by atoms with E-state index in [0.717, 1.165) is 74.4 Å². The highest BCUT2D eigenvalue weighted by atomic mass is 35.5. The Labute approximate surface area is 223 Å². The van der Waals surface area contributed by atoms with Gasteiger partial charge in [-0.25, -0.2) is 9.78 Å².